The predicted molar refractivity (Wildman–Crippen MR) is 114 cm³/mol. The van der Waals surface area contributed by atoms with Crippen molar-refractivity contribution >= 4 is 14.0 Å². The van der Waals surface area contributed by atoms with Crippen LogP contribution >= 0.6 is 0 Å². The number of benzene rings is 1. The van der Waals surface area contributed by atoms with E-state index in [0.29, 0.717) is 19.6 Å². The summed E-state index contributed by atoms with van der Waals surface area (Å²) in [5, 5.41) is 0. The molecule has 0 N–H and O–H groups in total. The lowest BCUT2D eigenvalue weighted by Crippen LogP contribution is -2.55. The Labute approximate surface area is 169 Å². The number of carbonyl (C=O) groups excluding carboxylic acids is 1. The van der Waals surface area contributed by atoms with E-state index in [0.717, 1.165) is 32.3 Å². The highest BCUT2D eigenvalue weighted by atomic mass is 28.3. The average Bonchev–Trinajstić information content (AvgIpc) is 3.05. The van der Waals surface area contributed by atoms with Gasteiger partial charge in [0.1, 0.15) is 0 Å². The lowest BCUT2D eigenvalue weighted by atomic mass is 9.78. The van der Waals surface area contributed by atoms with Gasteiger partial charge in [-0.3, -0.25) is 4.79 Å². The van der Waals surface area contributed by atoms with Crippen molar-refractivity contribution < 1.29 is 14.3 Å². The molecule has 1 aromatic carbocycles. The van der Waals surface area contributed by atoms with Gasteiger partial charge in [0, 0.05) is 21.1 Å². The second-order valence-electron chi connectivity index (χ2n) is 9.58. The number of hydrogen-bond donors (Lipinski definition) is 0. The Bertz CT molecular complexity index is 755. The van der Waals surface area contributed by atoms with Crippen LogP contribution < -0.4 is 0 Å². The highest BCUT2D eigenvalue weighted by Crippen LogP contribution is 2.52. The maximum atomic E-state index is 13.0. The van der Waals surface area contributed by atoms with E-state index in [2.05, 4.69) is 36.7 Å². The molecular formula is C23H33NO3Si. The maximum Gasteiger partial charge on any atom is 0.226 e. The zero-order chi connectivity index (χ0) is 19.8. The van der Waals surface area contributed by atoms with Crippen molar-refractivity contribution in [3.8, 4) is 0 Å². The number of nitrogens with zero attached hydrogens (tertiary/aromatic N) is 1. The van der Waals surface area contributed by atoms with Gasteiger partial charge in [0.2, 0.25) is 5.91 Å². The van der Waals surface area contributed by atoms with Crippen LogP contribution in [0.2, 0.25) is 25.7 Å². The Balaban J connectivity index is 1.57. The van der Waals surface area contributed by atoms with Crippen LogP contribution in [0.3, 0.4) is 0 Å². The summed E-state index contributed by atoms with van der Waals surface area (Å²) in [6, 6.07) is 11.6. The van der Waals surface area contributed by atoms with E-state index in [1.807, 2.05) is 18.2 Å². The molecule has 0 radical (unpaired) electrons. The second kappa shape index (κ2) is 7.77. The minimum absolute atomic E-state index is 0.0242. The van der Waals surface area contributed by atoms with Crippen LogP contribution in [0.15, 0.2) is 41.5 Å². The van der Waals surface area contributed by atoms with E-state index >= 15 is 0 Å². The molecule has 5 heteroatoms. The van der Waals surface area contributed by atoms with Crippen LogP contribution in [0.25, 0.3) is 0 Å². The largest absolute Gasteiger partial charge is 0.377 e. The lowest BCUT2D eigenvalue weighted by molar-refractivity contribution is -0.153. The first-order valence-electron chi connectivity index (χ1n) is 10.7. The predicted octanol–water partition coefficient (Wildman–Crippen LogP) is 4.91. The van der Waals surface area contributed by atoms with Gasteiger partial charge in [-0.2, -0.15) is 0 Å². The van der Waals surface area contributed by atoms with Gasteiger partial charge in [-0.25, -0.2) is 0 Å². The quantitative estimate of drug-likeness (QED) is 0.387. The van der Waals surface area contributed by atoms with Crippen LogP contribution in [-0.4, -0.2) is 44.4 Å². The molecule has 0 unspecified atom stereocenters. The summed E-state index contributed by atoms with van der Waals surface area (Å²) in [4.78, 5) is 15.1. The van der Waals surface area contributed by atoms with Gasteiger partial charge in [0.15, 0.2) is 5.72 Å². The minimum Gasteiger partial charge on any atom is -0.377 e. The first-order valence-corrected chi connectivity index (χ1v) is 14.4. The van der Waals surface area contributed by atoms with Crippen molar-refractivity contribution in [2.75, 3.05) is 19.8 Å². The lowest BCUT2D eigenvalue weighted by Gasteiger charge is -2.47. The van der Waals surface area contributed by atoms with Crippen molar-refractivity contribution in [2.24, 2.45) is 0 Å². The number of rotatable bonds is 6. The van der Waals surface area contributed by atoms with E-state index in [9.17, 15) is 4.79 Å². The smallest absolute Gasteiger partial charge is 0.226 e. The summed E-state index contributed by atoms with van der Waals surface area (Å²) < 4.78 is 12.6. The molecule has 0 saturated carbocycles. The topological polar surface area (TPSA) is 38.8 Å². The Kier molecular flexibility index (Phi) is 5.51. The highest BCUT2D eigenvalue weighted by molar-refractivity contribution is 6.76. The molecule has 2 saturated heterocycles. The zero-order valence-corrected chi connectivity index (χ0v) is 18.5. The van der Waals surface area contributed by atoms with Crippen molar-refractivity contribution in [1.29, 1.82) is 0 Å². The normalized spacial score (nSPS) is 27.8. The third-order valence-corrected chi connectivity index (χ3v) is 8.09. The van der Waals surface area contributed by atoms with Crippen molar-refractivity contribution in [3.05, 3.63) is 47.0 Å². The minimum atomic E-state index is -1.08. The van der Waals surface area contributed by atoms with E-state index in [-0.39, 0.29) is 11.9 Å². The number of piperidine rings is 1. The van der Waals surface area contributed by atoms with E-state index < -0.39 is 13.8 Å². The first kappa shape index (κ1) is 19.9. The molecule has 0 bridgehead atoms. The maximum absolute atomic E-state index is 13.0. The van der Waals surface area contributed by atoms with E-state index in [1.54, 1.807) is 0 Å². The Morgan fingerprint density at radius 1 is 1.18 bits per heavy atom. The van der Waals surface area contributed by atoms with Crippen LogP contribution in [0, 0.1) is 0 Å². The molecule has 152 valence electrons. The zero-order valence-electron chi connectivity index (χ0n) is 17.5. The summed E-state index contributed by atoms with van der Waals surface area (Å²) in [5.41, 5.74) is 3.37. The van der Waals surface area contributed by atoms with Crippen molar-refractivity contribution in [3.63, 3.8) is 0 Å². The first-order chi connectivity index (χ1) is 13.4. The number of hydrogen-bond acceptors (Lipinski definition) is 3. The van der Waals surface area contributed by atoms with Gasteiger partial charge >= 0.3 is 0 Å². The molecular weight excluding hydrogens is 366 g/mol. The van der Waals surface area contributed by atoms with Crippen LogP contribution in [-0.2, 0) is 14.3 Å². The van der Waals surface area contributed by atoms with E-state index in [1.165, 1.54) is 22.8 Å². The molecule has 1 spiro atoms. The van der Waals surface area contributed by atoms with Crippen LogP contribution in [0.4, 0.5) is 0 Å². The molecule has 28 heavy (non-hydrogen) atoms. The molecule has 2 atom stereocenters. The number of ether oxygens (including phenoxy) is 2. The molecule has 1 aliphatic carbocycles. The molecule has 2 fully saturated rings. The Morgan fingerprint density at radius 2 is 1.96 bits per heavy atom. The summed E-state index contributed by atoms with van der Waals surface area (Å²) in [6.45, 7) is 9.28. The van der Waals surface area contributed by atoms with Crippen LogP contribution in [0.5, 0.6) is 0 Å². The third-order valence-electron chi connectivity index (χ3n) is 6.39. The Hall–Kier alpha value is -1.43. The Morgan fingerprint density at radius 3 is 2.71 bits per heavy atom. The average molecular weight is 400 g/mol. The highest BCUT2D eigenvalue weighted by Gasteiger charge is 2.56. The third kappa shape index (κ3) is 3.72. The SMILES string of the molecule is C[Si](C)(C)CCOCC1=C2CCC(=O)N3[C@H](c4ccccc4)CO[C@@]23CCC1. The molecule has 2 heterocycles. The molecule has 4 rings (SSSR count). The van der Waals surface area contributed by atoms with Gasteiger partial charge in [-0.05, 0) is 48.4 Å². The molecule has 0 aromatic heterocycles. The second-order valence-corrected chi connectivity index (χ2v) is 15.2. The van der Waals surface area contributed by atoms with Gasteiger partial charge in [-0.15, -0.1) is 0 Å². The van der Waals surface area contributed by atoms with Crippen molar-refractivity contribution in [2.45, 2.75) is 69.6 Å². The number of carbonyl (C=O) groups is 1. The monoisotopic (exact) mass is 399 g/mol. The van der Waals surface area contributed by atoms with E-state index in [4.69, 9.17) is 9.47 Å². The molecule has 1 amide bonds. The van der Waals surface area contributed by atoms with Crippen molar-refractivity contribution in [1.82, 2.24) is 4.90 Å². The van der Waals surface area contributed by atoms with Gasteiger partial charge < -0.3 is 14.4 Å². The molecule has 2 aliphatic heterocycles. The fourth-order valence-corrected chi connectivity index (χ4v) is 5.67. The summed E-state index contributed by atoms with van der Waals surface area (Å²) >= 11 is 0. The molecule has 4 nitrogen and oxygen atoms in total. The molecule has 3 aliphatic rings. The molecule has 1 aromatic rings. The fourth-order valence-electron chi connectivity index (χ4n) is 4.91. The standard InChI is InChI=1S/C23H33NO3Si/c1-28(2,3)15-14-26-16-19-10-7-13-23-20(19)11-12-22(25)24(23)21(17-27-23)18-8-5-4-6-9-18/h4-6,8-9,21H,7,10-17H2,1-3H3/t21-,23-/m0/s1. The van der Waals surface area contributed by atoms with Gasteiger partial charge in [0.25, 0.3) is 0 Å². The number of amides is 1. The summed E-state index contributed by atoms with van der Waals surface area (Å²) in [7, 11) is -1.08. The fraction of sp³-hybridized carbons (Fsp3) is 0.609. The van der Waals surface area contributed by atoms with Crippen LogP contribution in [0.1, 0.15) is 43.7 Å². The summed E-state index contributed by atoms with van der Waals surface area (Å²) in [6.07, 6.45) is 4.45. The van der Waals surface area contributed by atoms with Gasteiger partial charge in [0.05, 0.1) is 19.3 Å². The van der Waals surface area contributed by atoms with Gasteiger partial charge in [-0.1, -0.05) is 50.0 Å². The summed E-state index contributed by atoms with van der Waals surface area (Å²) in [5.74, 6) is 0.232.